The van der Waals surface area contributed by atoms with Gasteiger partial charge in [0.2, 0.25) is 5.69 Å². The molecular weight excluding hydrogens is 382 g/mol. The minimum Gasteiger partial charge on any atom is -0.496 e. The molecule has 3 rings (SSSR count). The van der Waals surface area contributed by atoms with Gasteiger partial charge in [-0.05, 0) is 39.5 Å². The van der Waals surface area contributed by atoms with Crippen LogP contribution in [0.25, 0.3) is 16.5 Å². The zero-order chi connectivity index (χ0) is 14.1. The predicted molar refractivity (Wildman–Crippen MR) is 87.4 cm³/mol. The molecule has 0 saturated carbocycles. The van der Waals surface area contributed by atoms with E-state index in [0.29, 0.717) is 0 Å². The molecule has 2 nitrogen and oxygen atoms in total. The van der Waals surface area contributed by atoms with E-state index in [4.69, 9.17) is 4.74 Å². The molecule has 0 aliphatic carbocycles. The fraction of sp³-hybridized carbons (Fsp3) is 0.0625. The Morgan fingerprint density at radius 3 is 2.65 bits per heavy atom. The zero-order valence-electron chi connectivity index (χ0n) is 10.8. The van der Waals surface area contributed by atoms with E-state index in [0.717, 1.165) is 31.2 Å². The summed E-state index contributed by atoms with van der Waals surface area (Å²) in [6.45, 7) is 0. The summed E-state index contributed by atoms with van der Waals surface area (Å²) >= 11 is 7.07. The average Bonchev–Trinajstić information content (AvgIpc) is 2.46. The third-order valence-corrected chi connectivity index (χ3v) is 4.32. The zero-order valence-corrected chi connectivity index (χ0v) is 14.0. The van der Waals surface area contributed by atoms with Gasteiger partial charge in [-0.1, -0.05) is 28.1 Å². The van der Waals surface area contributed by atoms with E-state index in [1.165, 1.54) is 0 Å². The SMILES string of the molecule is COc1cccc2cc[n+](-c3ccc(Br)cc3Br)cc12. The lowest BCUT2D eigenvalue weighted by Gasteiger charge is -2.05. The van der Waals surface area contributed by atoms with E-state index in [1.54, 1.807) is 7.11 Å². The van der Waals surface area contributed by atoms with Crippen molar-refractivity contribution in [1.82, 2.24) is 0 Å². The van der Waals surface area contributed by atoms with Gasteiger partial charge >= 0.3 is 0 Å². The summed E-state index contributed by atoms with van der Waals surface area (Å²) in [5, 5.41) is 2.25. The quantitative estimate of drug-likeness (QED) is 0.577. The van der Waals surface area contributed by atoms with Gasteiger partial charge in [-0.15, -0.1) is 0 Å². The minimum atomic E-state index is 0.880. The molecule has 0 N–H and O–H groups in total. The molecule has 0 aliphatic heterocycles. The van der Waals surface area contributed by atoms with Crippen molar-refractivity contribution in [3.05, 3.63) is 63.8 Å². The summed E-state index contributed by atoms with van der Waals surface area (Å²) in [5.41, 5.74) is 1.08. The van der Waals surface area contributed by atoms with E-state index in [1.807, 2.05) is 24.3 Å². The Morgan fingerprint density at radius 1 is 1.05 bits per heavy atom. The second kappa shape index (κ2) is 5.54. The van der Waals surface area contributed by atoms with Gasteiger partial charge in [-0.3, -0.25) is 0 Å². The molecule has 0 aliphatic rings. The molecule has 0 saturated heterocycles. The molecule has 0 fully saturated rings. The van der Waals surface area contributed by atoms with Crippen molar-refractivity contribution in [3.63, 3.8) is 0 Å². The van der Waals surface area contributed by atoms with Crippen LogP contribution in [0.2, 0.25) is 0 Å². The van der Waals surface area contributed by atoms with E-state index in [9.17, 15) is 0 Å². The molecule has 0 bridgehead atoms. The van der Waals surface area contributed by atoms with Crippen LogP contribution < -0.4 is 9.30 Å². The van der Waals surface area contributed by atoms with Crippen molar-refractivity contribution in [2.45, 2.75) is 0 Å². The number of aromatic nitrogens is 1. The Balaban J connectivity index is 2.22. The lowest BCUT2D eigenvalue weighted by Crippen LogP contribution is -2.29. The Morgan fingerprint density at radius 2 is 1.90 bits per heavy atom. The van der Waals surface area contributed by atoms with Gasteiger partial charge in [0, 0.05) is 16.6 Å². The highest BCUT2D eigenvalue weighted by molar-refractivity contribution is 9.11. The topological polar surface area (TPSA) is 13.1 Å². The number of ether oxygens (including phenoxy) is 1. The van der Waals surface area contributed by atoms with Crippen LogP contribution in [0.4, 0.5) is 0 Å². The second-order valence-electron chi connectivity index (χ2n) is 4.41. The second-order valence-corrected chi connectivity index (χ2v) is 6.18. The number of methoxy groups -OCH3 is 1. The van der Waals surface area contributed by atoms with Gasteiger partial charge in [0.25, 0.3) is 0 Å². The summed E-state index contributed by atoms with van der Waals surface area (Å²) in [4.78, 5) is 0. The number of fused-ring (bicyclic) bond motifs is 1. The van der Waals surface area contributed by atoms with Crippen LogP contribution in [-0.2, 0) is 0 Å². The normalized spacial score (nSPS) is 10.8. The van der Waals surface area contributed by atoms with Crippen molar-refractivity contribution in [2.75, 3.05) is 7.11 Å². The van der Waals surface area contributed by atoms with Gasteiger partial charge in [0.15, 0.2) is 12.4 Å². The van der Waals surface area contributed by atoms with Crippen molar-refractivity contribution in [2.24, 2.45) is 0 Å². The monoisotopic (exact) mass is 392 g/mol. The van der Waals surface area contributed by atoms with E-state index in [2.05, 4.69) is 67.0 Å². The summed E-state index contributed by atoms with van der Waals surface area (Å²) < 4.78 is 9.60. The fourth-order valence-electron chi connectivity index (χ4n) is 2.21. The summed E-state index contributed by atoms with van der Waals surface area (Å²) in [5.74, 6) is 0.880. The Hall–Kier alpha value is -1.39. The van der Waals surface area contributed by atoms with Crippen molar-refractivity contribution < 1.29 is 9.30 Å². The molecule has 3 aromatic rings. The van der Waals surface area contributed by atoms with Crippen molar-refractivity contribution >= 4 is 42.6 Å². The molecule has 0 radical (unpaired) electrons. The molecule has 4 heteroatoms. The predicted octanol–water partition coefficient (Wildman–Crippen LogP) is 4.65. The molecule has 20 heavy (non-hydrogen) atoms. The Labute approximate surface area is 134 Å². The Bertz CT molecular complexity index is 787. The number of rotatable bonds is 2. The third-order valence-electron chi connectivity index (χ3n) is 3.19. The molecular formula is C16H12Br2NO+. The highest BCUT2D eigenvalue weighted by atomic mass is 79.9. The smallest absolute Gasteiger partial charge is 0.224 e. The molecule has 1 heterocycles. The molecule has 0 spiro atoms. The molecule has 1 aromatic heterocycles. The van der Waals surface area contributed by atoms with E-state index >= 15 is 0 Å². The first kappa shape index (κ1) is 13.6. The molecule has 0 atom stereocenters. The first-order valence-electron chi connectivity index (χ1n) is 6.12. The lowest BCUT2D eigenvalue weighted by atomic mass is 10.1. The van der Waals surface area contributed by atoms with Crippen LogP contribution in [0.1, 0.15) is 0 Å². The molecule has 0 unspecified atom stereocenters. The van der Waals surface area contributed by atoms with Gasteiger partial charge in [-0.25, -0.2) is 0 Å². The number of hydrogen-bond donors (Lipinski definition) is 0. The van der Waals surface area contributed by atoms with Crippen LogP contribution in [-0.4, -0.2) is 7.11 Å². The Kier molecular flexibility index (Phi) is 3.76. The molecule has 0 amide bonds. The van der Waals surface area contributed by atoms with Crippen molar-refractivity contribution in [1.29, 1.82) is 0 Å². The van der Waals surface area contributed by atoms with E-state index < -0.39 is 0 Å². The number of hydrogen-bond acceptors (Lipinski definition) is 1. The van der Waals surface area contributed by atoms with Gasteiger partial charge in [0.05, 0.1) is 17.0 Å². The maximum atomic E-state index is 5.44. The number of benzene rings is 2. The van der Waals surface area contributed by atoms with Gasteiger partial charge in [0.1, 0.15) is 5.75 Å². The first-order chi connectivity index (χ1) is 9.69. The standard InChI is InChI=1S/C16H12Br2NO/c1-20-16-4-2-3-11-7-8-19(10-13(11)16)15-6-5-12(17)9-14(15)18/h2-10H,1H3/q+1. The summed E-state index contributed by atoms with van der Waals surface area (Å²) in [7, 11) is 1.70. The highest BCUT2D eigenvalue weighted by Gasteiger charge is 2.13. The van der Waals surface area contributed by atoms with Crippen LogP contribution >= 0.6 is 31.9 Å². The number of halogens is 2. The summed E-state index contributed by atoms with van der Waals surface area (Å²) in [6, 6.07) is 14.3. The molecule has 100 valence electrons. The maximum Gasteiger partial charge on any atom is 0.224 e. The third kappa shape index (κ3) is 2.45. The molecule has 2 aromatic carbocycles. The maximum absolute atomic E-state index is 5.44. The average molecular weight is 394 g/mol. The number of pyridine rings is 1. The first-order valence-corrected chi connectivity index (χ1v) is 7.71. The lowest BCUT2D eigenvalue weighted by molar-refractivity contribution is -0.594. The van der Waals surface area contributed by atoms with Crippen LogP contribution in [0.5, 0.6) is 5.75 Å². The summed E-state index contributed by atoms with van der Waals surface area (Å²) in [6.07, 6.45) is 4.14. The minimum absolute atomic E-state index is 0.880. The number of nitrogens with zero attached hydrogens (tertiary/aromatic N) is 1. The van der Waals surface area contributed by atoms with Crippen LogP contribution in [0, 0.1) is 0 Å². The van der Waals surface area contributed by atoms with Crippen LogP contribution in [0.15, 0.2) is 63.8 Å². The van der Waals surface area contributed by atoms with Gasteiger partial charge < -0.3 is 4.74 Å². The largest absolute Gasteiger partial charge is 0.496 e. The fourth-order valence-corrected chi connectivity index (χ4v) is 3.46. The van der Waals surface area contributed by atoms with Crippen molar-refractivity contribution in [3.8, 4) is 11.4 Å². The van der Waals surface area contributed by atoms with Crippen LogP contribution in [0.3, 0.4) is 0 Å². The highest BCUT2D eigenvalue weighted by Crippen LogP contribution is 2.26. The van der Waals surface area contributed by atoms with Gasteiger partial charge in [-0.2, -0.15) is 4.57 Å². The van der Waals surface area contributed by atoms with E-state index in [-0.39, 0.29) is 0 Å².